The summed E-state index contributed by atoms with van der Waals surface area (Å²) >= 11 is 0. The first-order valence-electron chi connectivity index (χ1n) is 12.0. The van der Waals surface area contributed by atoms with Crippen molar-refractivity contribution in [3.05, 3.63) is 77.4 Å². The Bertz CT molecular complexity index is 1040. The van der Waals surface area contributed by atoms with Crippen LogP contribution in [-0.4, -0.2) is 54.7 Å². The highest BCUT2D eigenvalue weighted by Crippen LogP contribution is 2.19. The fraction of sp³-hybridized carbons (Fsp3) is 0.357. The fourth-order valence-electron chi connectivity index (χ4n) is 3.92. The summed E-state index contributed by atoms with van der Waals surface area (Å²) in [5.41, 5.74) is 2.53. The molecule has 35 heavy (non-hydrogen) atoms. The number of piperidine rings is 1. The highest BCUT2D eigenvalue weighted by molar-refractivity contribution is 5.98. The molecule has 1 heterocycles. The summed E-state index contributed by atoms with van der Waals surface area (Å²) in [6.45, 7) is 2.77. The van der Waals surface area contributed by atoms with Crippen molar-refractivity contribution in [1.29, 1.82) is 0 Å². The molecule has 1 aliphatic heterocycles. The number of carbonyl (C=O) groups excluding carboxylic acids is 4. The normalized spacial score (nSPS) is 14.0. The third-order valence-electron chi connectivity index (χ3n) is 6.00. The summed E-state index contributed by atoms with van der Waals surface area (Å²) < 4.78 is 5.28. The highest BCUT2D eigenvalue weighted by Gasteiger charge is 2.28. The van der Waals surface area contributed by atoms with Crippen LogP contribution in [0.2, 0.25) is 0 Å². The SMILES string of the molecule is CC(=O)NCCCc1ccc(C(=O)COC(=O)C2CCN(C(=O)/C=C/c3ccccc3)CC2)cc1. The molecule has 3 rings (SSSR count). The van der Waals surface area contributed by atoms with Crippen LogP contribution in [0.4, 0.5) is 0 Å². The van der Waals surface area contributed by atoms with E-state index in [0.717, 1.165) is 24.0 Å². The zero-order valence-corrected chi connectivity index (χ0v) is 20.1. The quantitative estimate of drug-likeness (QED) is 0.245. The molecule has 2 amide bonds. The Labute approximate surface area is 206 Å². The first kappa shape index (κ1) is 25.9. The van der Waals surface area contributed by atoms with Crippen molar-refractivity contribution in [2.45, 2.75) is 32.6 Å². The number of carbonyl (C=O) groups is 4. The van der Waals surface area contributed by atoms with Crippen LogP contribution >= 0.6 is 0 Å². The van der Waals surface area contributed by atoms with Gasteiger partial charge in [-0.25, -0.2) is 0 Å². The molecule has 0 spiro atoms. The van der Waals surface area contributed by atoms with E-state index >= 15 is 0 Å². The van der Waals surface area contributed by atoms with Gasteiger partial charge in [0, 0.05) is 38.2 Å². The van der Waals surface area contributed by atoms with Gasteiger partial charge in [0.2, 0.25) is 11.8 Å². The van der Waals surface area contributed by atoms with Crippen LogP contribution in [-0.2, 0) is 25.5 Å². The Balaban J connectivity index is 1.37. The number of nitrogens with one attached hydrogen (secondary N) is 1. The molecule has 7 nitrogen and oxygen atoms in total. The molecular formula is C28H32N2O5. The van der Waals surface area contributed by atoms with E-state index in [1.807, 2.05) is 42.5 Å². The minimum atomic E-state index is -0.389. The maximum absolute atomic E-state index is 12.4. The van der Waals surface area contributed by atoms with E-state index in [0.29, 0.717) is 38.0 Å². The molecule has 1 aliphatic rings. The second-order valence-electron chi connectivity index (χ2n) is 8.66. The molecule has 1 fully saturated rings. The van der Waals surface area contributed by atoms with Crippen LogP contribution < -0.4 is 5.32 Å². The number of amides is 2. The third-order valence-corrected chi connectivity index (χ3v) is 6.00. The number of ether oxygens (including phenoxy) is 1. The molecule has 2 aromatic carbocycles. The van der Waals surface area contributed by atoms with Crippen LogP contribution in [0.15, 0.2) is 60.7 Å². The Morgan fingerprint density at radius 3 is 2.34 bits per heavy atom. The molecule has 1 saturated heterocycles. The largest absolute Gasteiger partial charge is 0.457 e. The van der Waals surface area contributed by atoms with Crippen molar-refractivity contribution >= 4 is 29.6 Å². The number of likely N-dealkylation sites (tertiary alicyclic amines) is 1. The Morgan fingerprint density at radius 2 is 1.69 bits per heavy atom. The van der Waals surface area contributed by atoms with Gasteiger partial charge in [-0.05, 0) is 42.9 Å². The number of hydrogen-bond donors (Lipinski definition) is 1. The van der Waals surface area contributed by atoms with E-state index in [9.17, 15) is 19.2 Å². The van der Waals surface area contributed by atoms with E-state index < -0.39 is 0 Å². The standard InChI is InChI=1S/C28H32N2O5/c1-21(31)29-17-5-8-23-9-12-24(13-10-23)26(32)20-35-28(34)25-15-18-30(19-16-25)27(33)14-11-22-6-3-2-4-7-22/h2-4,6-7,9-14,25H,5,8,15-20H2,1H3,(H,29,31)/b14-11+. The number of aryl methyl sites for hydroxylation is 1. The van der Waals surface area contributed by atoms with Gasteiger partial charge in [-0.2, -0.15) is 0 Å². The van der Waals surface area contributed by atoms with Gasteiger partial charge in [-0.15, -0.1) is 0 Å². The van der Waals surface area contributed by atoms with Crippen molar-refractivity contribution in [2.75, 3.05) is 26.2 Å². The van der Waals surface area contributed by atoms with Crippen molar-refractivity contribution in [3.8, 4) is 0 Å². The maximum atomic E-state index is 12.4. The molecule has 0 aliphatic carbocycles. The summed E-state index contributed by atoms with van der Waals surface area (Å²) in [5.74, 6) is -1.07. The number of esters is 1. The van der Waals surface area contributed by atoms with Gasteiger partial charge in [-0.3, -0.25) is 19.2 Å². The van der Waals surface area contributed by atoms with Gasteiger partial charge in [-0.1, -0.05) is 54.6 Å². The molecule has 184 valence electrons. The molecule has 1 N–H and O–H groups in total. The minimum absolute atomic E-state index is 0.0458. The number of hydrogen-bond acceptors (Lipinski definition) is 5. The minimum Gasteiger partial charge on any atom is -0.457 e. The van der Waals surface area contributed by atoms with Crippen molar-refractivity contribution in [1.82, 2.24) is 10.2 Å². The van der Waals surface area contributed by atoms with E-state index in [4.69, 9.17) is 4.74 Å². The average molecular weight is 477 g/mol. The van der Waals surface area contributed by atoms with Gasteiger partial charge in [0.15, 0.2) is 12.4 Å². The zero-order chi connectivity index (χ0) is 25.0. The molecule has 0 saturated carbocycles. The highest BCUT2D eigenvalue weighted by atomic mass is 16.5. The summed E-state index contributed by atoms with van der Waals surface area (Å²) in [5, 5.41) is 2.76. The summed E-state index contributed by atoms with van der Waals surface area (Å²) in [4.78, 5) is 49.9. The third kappa shape index (κ3) is 8.52. The average Bonchev–Trinajstić information content (AvgIpc) is 2.89. The molecule has 0 unspecified atom stereocenters. The molecule has 7 heteroatoms. The first-order chi connectivity index (χ1) is 16.9. The molecule has 0 atom stereocenters. The van der Waals surface area contributed by atoms with E-state index in [2.05, 4.69) is 5.32 Å². The number of benzene rings is 2. The molecule has 0 radical (unpaired) electrons. The molecule has 0 aromatic heterocycles. The second-order valence-corrected chi connectivity index (χ2v) is 8.66. The van der Waals surface area contributed by atoms with Crippen molar-refractivity contribution < 1.29 is 23.9 Å². The molecule has 0 bridgehead atoms. The topological polar surface area (TPSA) is 92.8 Å². The van der Waals surface area contributed by atoms with Gasteiger partial charge in [0.05, 0.1) is 5.92 Å². The van der Waals surface area contributed by atoms with Crippen molar-refractivity contribution in [3.63, 3.8) is 0 Å². The van der Waals surface area contributed by atoms with Gasteiger partial charge in [0.1, 0.15) is 0 Å². The monoisotopic (exact) mass is 476 g/mol. The van der Waals surface area contributed by atoms with Crippen LogP contribution in [0.3, 0.4) is 0 Å². The summed E-state index contributed by atoms with van der Waals surface area (Å²) in [6, 6.07) is 16.8. The maximum Gasteiger partial charge on any atom is 0.309 e. The predicted octanol–water partition coefficient (Wildman–Crippen LogP) is 3.43. The lowest BCUT2D eigenvalue weighted by Gasteiger charge is -2.30. The Kier molecular flexibility index (Phi) is 9.78. The zero-order valence-electron chi connectivity index (χ0n) is 20.1. The fourth-order valence-corrected chi connectivity index (χ4v) is 3.92. The molecular weight excluding hydrogens is 444 g/mol. The number of rotatable bonds is 10. The lowest BCUT2D eigenvalue weighted by molar-refractivity contribution is -0.150. The summed E-state index contributed by atoms with van der Waals surface area (Å²) in [7, 11) is 0. The van der Waals surface area contributed by atoms with Crippen LogP contribution in [0, 0.1) is 5.92 Å². The number of nitrogens with zero attached hydrogens (tertiary/aromatic N) is 1. The molecule has 2 aromatic rings. The van der Waals surface area contributed by atoms with Gasteiger partial charge < -0.3 is 15.0 Å². The lowest BCUT2D eigenvalue weighted by atomic mass is 9.97. The lowest BCUT2D eigenvalue weighted by Crippen LogP contribution is -2.40. The van der Waals surface area contributed by atoms with Crippen LogP contribution in [0.5, 0.6) is 0 Å². The Hall–Kier alpha value is -3.74. The number of Topliss-reactive ketones (excluding diaryl/α,β-unsaturated/α-hetero) is 1. The van der Waals surface area contributed by atoms with E-state index in [-0.39, 0.29) is 36.1 Å². The van der Waals surface area contributed by atoms with E-state index in [1.54, 1.807) is 29.2 Å². The van der Waals surface area contributed by atoms with Crippen molar-refractivity contribution in [2.24, 2.45) is 5.92 Å². The Morgan fingerprint density at radius 1 is 1.00 bits per heavy atom. The summed E-state index contributed by atoms with van der Waals surface area (Å²) in [6.07, 6.45) is 6.00. The second kappa shape index (κ2) is 13.2. The van der Waals surface area contributed by atoms with Gasteiger partial charge >= 0.3 is 5.97 Å². The van der Waals surface area contributed by atoms with Crippen LogP contribution in [0.25, 0.3) is 6.08 Å². The van der Waals surface area contributed by atoms with E-state index in [1.165, 1.54) is 6.92 Å². The number of ketones is 1. The first-order valence-corrected chi connectivity index (χ1v) is 12.0. The smallest absolute Gasteiger partial charge is 0.309 e. The predicted molar refractivity (Wildman–Crippen MR) is 134 cm³/mol. The van der Waals surface area contributed by atoms with Crippen LogP contribution in [0.1, 0.15) is 47.7 Å². The van der Waals surface area contributed by atoms with Gasteiger partial charge in [0.25, 0.3) is 0 Å².